The lowest BCUT2D eigenvalue weighted by Gasteiger charge is -2.16. The molecule has 0 fully saturated rings. The summed E-state index contributed by atoms with van der Waals surface area (Å²) in [5.41, 5.74) is 12.2. The van der Waals surface area contributed by atoms with E-state index in [1.807, 2.05) is 11.3 Å². The second-order valence-electron chi connectivity index (χ2n) is 17.6. The Bertz CT molecular complexity index is 4280. The largest absolute Gasteiger partial charge is 0.455 e. The fraction of sp³-hybridized carbons (Fsp3) is 0.0323. The van der Waals surface area contributed by atoms with Crippen LogP contribution in [0.2, 0.25) is 0 Å². The van der Waals surface area contributed by atoms with E-state index < -0.39 is 0 Å². The number of furan rings is 1. The predicted molar refractivity (Wildman–Crippen MR) is 285 cm³/mol. The number of aromatic nitrogens is 1. The zero-order chi connectivity index (χ0) is 44.0. The molecule has 1 aliphatic rings. The van der Waals surface area contributed by atoms with Crippen LogP contribution >= 0.6 is 11.3 Å². The van der Waals surface area contributed by atoms with E-state index in [9.17, 15) is 0 Å². The first-order valence-electron chi connectivity index (χ1n) is 22.9. The number of benzene rings is 10. The Morgan fingerprint density at radius 3 is 2.03 bits per heavy atom. The molecular formula is C62H39N3OS. The number of fused-ring (bicyclic) bond motifs is 12. The maximum absolute atomic E-state index is 7.15. The van der Waals surface area contributed by atoms with Crippen LogP contribution in [0.5, 0.6) is 0 Å². The molecule has 0 spiro atoms. The summed E-state index contributed by atoms with van der Waals surface area (Å²) in [6, 6.07) is 74.4. The van der Waals surface area contributed by atoms with Crippen LogP contribution in [-0.4, -0.2) is 16.1 Å². The van der Waals surface area contributed by atoms with Gasteiger partial charge in [-0.25, -0.2) is 9.98 Å². The maximum atomic E-state index is 7.15. The molecule has 4 nitrogen and oxygen atoms in total. The average molecular weight is 874 g/mol. The number of hydrogen-bond acceptors (Lipinski definition) is 4. The third kappa shape index (κ3) is 6.20. The highest BCUT2D eigenvalue weighted by Crippen LogP contribution is 2.43. The topological polar surface area (TPSA) is 42.8 Å². The van der Waals surface area contributed by atoms with Gasteiger partial charge in [0.15, 0.2) is 5.84 Å². The first kappa shape index (κ1) is 37.9. The first-order chi connectivity index (χ1) is 33.2. The number of allylic oxidation sites excluding steroid dienone is 1. The molecule has 0 N–H and O–H groups in total. The van der Waals surface area contributed by atoms with Crippen LogP contribution in [0, 0.1) is 0 Å². The number of aliphatic imine (C=N–C) groups is 2. The van der Waals surface area contributed by atoms with Gasteiger partial charge < -0.3 is 8.98 Å². The molecule has 0 aliphatic carbocycles. The highest BCUT2D eigenvalue weighted by atomic mass is 32.1. The lowest BCUT2D eigenvalue weighted by atomic mass is 9.99. The van der Waals surface area contributed by atoms with Crippen LogP contribution in [-0.2, 0) is 0 Å². The Morgan fingerprint density at radius 2 is 1.13 bits per heavy atom. The van der Waals surface area contributed by atoms with Crippen LogP contribution in [0.4, 0.5) is 0 Å². The monoisotopic (exact) mass is 873 g/mol. The van der Waals surface area contributed by atoms with E-state index in [2.05, 4.69) is 217 Å². The summed E-state index contributed by atoms with van der Waals surface area (Å²) in [7, 11) is 0. The molecule has 3 aromatic heterocycles. The number of hydrogen-bond donors (Lipinski definition) is 0. The molecule has 314 valence electrons. The standard InChI is InChI=1S/C62H39N3OS/c1-2-14-38(15-3-1)40-19-12-20-44(32-40)62-63-54(43-29-30-49-48-23-9-11-27-58(48)67-59(49)35-43)24-13-25-55(64-62)53-37-45(36-52-50-31-28-39-16-6-7-21-46(39)60(50)66-61(52)53)65-56-26-10-8-22-47(56)51-33-41-17-4-5-18-42(41)34-57(51)65/h1-12,14-23,25-37H,13,24H2/b55-25-,63-54+,64-62-. The van der Waals surface area contributed by atoms with Crippen molar-refractivity contribution in [2.75, 3.05) is 0 Å². The van der Waals surface area contributed by atoms with Gasteiger partial charge in [0.2, 0.25) is 0 Å². The summed E-state index contributed by atoms with van der Waals surface area (Å²) in [4.78, 5) is 11.3. The minimum Gasteiger partial charge on any atom is -0.455 e. The van der Waals surface area contributed by atoms with E-state index in [0.29, 0.717) is 5.84 Å². The van der Waals surface area contributed by atoms with Crippen molar-refractivity contribution in [2.24, 2.45) is 9.98 Å². The van der Waals surface area contributed by atoms with Crippen molar-refractivity contribution in [3.05, 3.63) is 229 Å². The Kier molecular flexibility index (Phi) is 8.55. The summed E-state index contributed by atoms with van der Waals surface area (Å²) in [6.07, 6.45) is 3.79. The molecule has 67 heavy (non-hydrogen) atoms. The minimum atomic E-state index is 0.665. The highest BCUT2D eigenvalue weighted by Gasteiger charge is 2.23. The molecule has 10 aromatic carbocycles. The van der Waals surface area contributed by atoms with Gasteiger partial charge in [-0.05, 0) is 100 Å². The molecule has 0 radical (unpaired) electrons. The van der Waals surface area contributed by atoms with E-state index >= 15 is 0 Å². The number of amidine groups is 1. The zero-order valence-electron chi connectivity index (χ0n) is 36.3. The Morgan fingerprint density at radius 1 is 0.418 bits per heavy atom. The third-order valence-corrected chi connectivity index (χ3v) is 14.8. The molecule has 0 saturated heterocycles. The van der Waals surface area contributed by atoms with Crippen LogP contribution in [0.1, 0.15) is 29.5 Å². The third-order valence-electron chi connectivity index (χ3n) is 13.6. The van der Waals surface area contributed by atoms with Crippen molar-refractivity contribution in [3.8, 4) is 16.8 Å². The fourth-order valence-electron chi connectivity index (χ4n) is 10.4. The highest BCUT2D eigenvalue weighted by molar-refractivity contribution is 7.25. The SMILES string of the molecule is C1=C(c2cc(-n3c4ccccc4c4cc5ccccc5cc43)cc3c2oc2c4ccccc4ccc32)/N=C(c2cccc(-c3ccccc3)c2)\N=C(\c2ccc3c(c2)sc2ccccc23)CC\1. The maximum Gasteiger partial charge on any atom is 0.160 e. The van der Waals surface area contributed by atoms with Gasteiger partial charge in [0.05, 0.1) is 22.4 Å². The molecule has 1 aliphatic heterocycles. The molecule has 0 bridgehead atoms. The summed E-state index contributed by atoms with van der Waals surface area (Å²) in [5, 5.41) is 11.8. The van der Waals surface area contributed by atoms with Crippen LogP contribution in [0.15, 0.2) is 227 Å². The van der Waals surface area contributed by atoms with E-state index in [-0.39, 0.29) is 0 Å². The normalized spacial score (nSPS) is 15.9. The molecule has 0 amide bonds. The van der Waals surface area contributed by atoms with Crippen LogP contribution in [0.25, 0.3) is 108 Å². The van der Waals surface area contributed by atoms with Crippen LogP contribution < -0.4 is 0 Å². The molecule has 4 heterocycles. The first-order valence-corrected chi connectivity index (χ1v) is 23.7. The predicted octanol–water partition coefficient (Wildman–Crippen LogP) is 17.1. The lowest BCUT2D eigenvalue weighted by molar-refractivity contribution is 0.671. The molecule has 13 aromatic rings. The molecule has 14 rings (SSSR count). The van der Waals surface area contributed by atoms with E-state index in [4.69, 9.17) is 14.4 Å². The van der Waals surface area contributed by atoms with Gasteiger partial charge in [0.25, 0.3) is 0 Å². The number of para-hydroxylation sites is 1. The smallest absolute Gasteiger partial charge is 0.160 e. The Hall–Kier alpha value is -8.38. The Balaban J connectivity index is 1.03. The van der Waals surface area contributed by atoms with Gasteiger partial charge in [0, 0.05) is 63.9 Å². The number of nitrogens with zero attached hydrogens (tertiary/aromatic N) is 3. The van der Waals surface area contributed by atoms with E-state index in [0.717, 1.165) is 101 Å². The van der Waals surface area contributed by atoms with Crippen molar-refractivity contribution >= 4 is 114 Å². The van der Waals surface area contributed by atoms with Gasteiger partial charge >= 0.3 is 0 Å². The Labute approximate surface area is 389 Å². The quantitative estimate of drug-likeness (QED) is 0.170. The average Bonchev–Trinajstić information content (AvgIpc) is 4.05. The minimum absolute atomic E-state index is 0.665. The van der Waals surface area contributed by atoms with Crippen molar-refractivity contribution in [3.63, 3.8) is 0 Å². The summed E-state index contributed by atoms with van der Waals surface area (Å²) in [5.74, 6) is 0.665. The summed E-state index contributed by atoms with van der Waals surface area (Å²) >= 11 is 1.84. The molecule has 0 unspecified atom stereocenters. The molecular weight excluding hydrogens is 835 g/mol. The van der Waals surface area contributed by atoms with Crippen molar-refractivity contribution in [1.29, 1.82) is 0 Å². The van der Waals surface area contributed by atoms with E-state index in [1.54, 1.807) is 0 Å². The molecule has 0 atom stereocenters. The summed E-state index contributed by atoms with van der Waals surface area (Å²) < 4.78 is 12.1. The number of thiophene rings is 1. The number of rotatable bonds is 5. The lowest BCUT2D eigenvalue weighted by Crippen LogP contribution is -2.09. The van der Waals surface area contributed by atoms with Crippen molar-refractivity contribution < 1.29 is 4.42 Å². The van der Waals surface area contributed by atoms with E-state index in [1.165, 1.54) is 41.7 Å². The van der Waals surface area contributed by atoms with Crippen molar-refractivity contribution in [2.45, 2.75) is 12.8 Å². The second-order valence-corrected chi connectivity index (χ2v) is 18.7. The molecule has 0 saturated carbocycles. The van der Waals surface area contributed by atoms with Crippen molar-refractivity contribution in [1.82, 2.24) is 4.57 Å². The molecule has 5 heteroatoms. The van der Waals surface area contributed by atoms with Gasteiger partial charge in [-0.3, -0.25) is 0 Å². The van der Waals surface area contributed by atoms with Crippen LogP contribution in [0.3, 0.4) is 0 Å². The van der Waals surface area contributed by atoms with Gasteiger partial charge in [-0.15, -0.1) is 11.3 Å². The van der Waals surface area contributed by atoms with Gasteiger partial charge in [-0.1, -0.05) is 158 Å². The summed E-state index contributed by atoms with van der Waals surface area (Å²) in [6.45, 7) is 0. The second kappa shape index (κ2) is 15.1. The van der Waals surface area contributed by atoms with Gasteiger partial charge in [0.1, 0.15) is 11.2 Å². The fourth-order valence-corrected chi connectivity index (χ4v) is 11.6. The zero-order valence-corrected chi connectivity index (χ0v) is 37.1. The van der Waals surface area contributed by atoms with Gasteiger partial charge in [-0.2, -0.15) is 0 Å².